The molecule has 106 valence electrons. The Kier molecular flexibility index (Phi) is 3.84. The van der Waals surface area contributed by atoms with Crippen molar-refractivity contribution in [2.24, 2.45) is 12.8 Å². The van der Waals surface area contributed by atoms with Crippen LogP contribution in [0.25, 0.3) is 0 Å². The number of thioether (sulfide) groups is 1. The van der Waals surface area contributed by atoms with Crippen LogP contribution in [0.5, 0.6) is 11.5 Å². The molecule has 1 aromatic carbocycles. The minimum absolute atomic E-state index is 0.0453. The van der Waals surface area contributed by atoms with Crippen LogP contribution in [0, 0.1) is 0 Å². The number of hydrogen-bond acceptors (Lipinski definition) is 5. The SMILES string of the molecule is Cn1cc(SCC(N)c2ccc3c(c2)OCCO3)cn1. The number of rotatable bonds is 4. The highest BCUT2D eigenvalue weighted by Gasteiger charge is 2.15. The fourth-order valence-electron chi connectivity index (χ4n) is 2.05. The second-order valence-corrected chi connectivity index (χ2v) is 5.76. The third-order valence-corrected chi connectivity index (χ3v) is 4.18. The number of hydrogen-bond donors (Lipinski definition) is 1. The molecule has 0 radical (unpaired) electrons. The first kappa shape index (κ1) is 13.3. The van der Waals surface area contributed by atoms with Gasteiger partial charge in [-0.05, 0) is 17.7 Å². The molecule has 6 heteroatoms. The fraction of sp³-hybridized carbons (Fsp3) is 0.357. The molecule has 1 aromatic heterocycles. The highest BCUT2D eigenvalue weighted by atomic mass is 32.2. The lowest BCUT2D eigenvalue weighted by atomic mass is 10.1. The Morgan fingerprint density at radius 2 is 2.15 bits per heavy atom. The van der Waals surface area contributed by atoms with Gasteiger partial charge in [0.2, 0.25) is 0 Å². The van der Waals surface area contributed by atoms with Crippen molar-refractivity contribution in [1.82, 2.24) is 9.78 Å². The van der Waals surface area contributed by atoms with E-state index in [0.29, 0.717) is 13.2 Å². The molecule has 0 bridgehead atoms. The highest BCUT2D eigenvalue weighted by Crippen LogP contribution is 2.33. The molecular formula is C14H17N3O2S. The predicted octanol–water partition coefficient (Wildman–Crippen LogP) is 1.98. The summed E-state index contributed by atoms with van der Waals surface area (Å²) < 4.78 is 12.9. The predicted molar refractivity (Wildman–Crippen MR) is 78.3 cm³/mol. The summed E-state index contributed by atoms with van der Waals surface area (Å²) in [5.74, 6) is 2.38. The zero-order valence-electron chi connectivity index (χ0n) is 11.3. The maximum atomic E-state index is 6.24. The molecule has 2 N–H and O–H groups in total. The molecule has 1 atom stereocenters. The zero-order chi connectivity index (χ0) is 13.9. The fourth-order valence-corrected chi connectivity index (χ4v) is 2.96. The second kappa shape index (κ2) is 5.76. The van der Waals surface area contributed by atoms with Crippen LogP contribution >= 0.6 is 11.8 Å². The van der Waals surface area contributed by atoms with Crippen molar-refractivity contribution in [3.05, 3.63) is 36.2 Å². The molecular weight excluding hydrogens is 274 g/mol. The molecule has 0 aliphatic carbocycles. The first-order valence-corrected chi connectivity index (χ1v) is 7.47. The van der Waals surface area contributed by atoms with E-state index in [9.17, 15) is 0 Å². The van der Waals surface area contributed by atoms with Crippen LogP contribution in [-0.4, -0.2) is 28.7 Å². The first-order chi connectivity index (χ1) is 9.72. The number of fused-ring (bicyclic) bond motifs is 1. The van der Waals surface area contributed by atoms with E-state index in [-0.39, 0.29) is 6.04 Å². The minimum Gasteiger partial charge on any atom is -0.486 e. The molecule has 0 spiro atoms. The molecule has 3 rings (SSSR count). The summed E-state index contributed by atoms with van der Waals surface area (Å²) in [7, 11) is 1.91. The summed E-state index contributed by atoms with van der Waals surface area (Å²) in [5, 5.41) is 4.14. The lowest BCUT2D eigenvalue weighted by Gasteiger charge is -2.20. The number of ether oxygens (including phenoxy) is 2. The Labute approximate surface area is 122 Å². The van der Waals surface area contributed by atoms with E-state index in [1.165, 1.54) is 0 Å². The maximum absolute atomic E-state index is 6.24. The van der Waals surface area contributed by atoms with Crippen LogP contribution < -0.4 is 15.2 Å². The molecule has 2 aromatic rings. The van der Waals surface area contributed by atoms with Gasteiger partial charge in [-0.25, -0.2) is 0 Å². The molecule has 0 fully saturated rings. The summed E-state index contributed by atoms with van der Waals surface area (Å²) in [6.45, 7) is 1.20. The van der Waals surface area contributed by atoms with Crippen molar-refractivity contribution >= 4 is 11.8 Å². The molecule has 1 unspecified atom stereocenters. The average molecular weight is 291 g/mol. The molecule has 0 saturated carbocycles. The van der Waals surface area contributed by atoms with E-state index in [1.54, 1.807) is 16.4 Å². The number of aromatic nitrogens is 2. The van der Waals surface area contributed by atoms with Gasteiger partial charge in [0.1, 0.15) is 13.2 Å². The van der Waals surface area contributed by atoms with E-state index in [0.717, 1.165) is 27.7 Å². The van der Waals surface area contributed by atoms with Crippen LogP contribution in [0.2, 0.25) is 0 Å². The quantitative estimate of drug-likeness (QED) is 0.873. The minimum atomic E-state index is -0.0453. The van der Waals surface area contributed by atoms with E-state index in [1.807, 2.05) is 37.6 Å². The van der Waals surface area contributed by atoms with Crippen molar-refractivity contribution in [3.63, 3.8) is 0 Å². The second-order valence-electron chi connectivity index (χ2n) is 4.67. The van der Waals surface area contributed by atoms with Crippen molar-refractivity contribution in [2.75, 3.05) is 19.0 Å². The van der Waals surface area contributed by atoms with Gasteiger partial charge in [0, 0.05) is 29.9 Å². The molecule has 2 heterocycles. The number of aryl methyl sites for hydroxylation is 1. The van der Waals surface area contributed by atoms with Crippen LogP contribution in [-0.2, 0) is 7.05 Å². The van der Waals surface area contributed by atoms with Crippen LogP contribution in [0.15, 0.2) is 35.5 Å². The molecule has 0 amide bonds. The number of nitrogens with zero attached hydrogens (tertiary/aromatic N) is 2. The Bertz CT molecular complexity index is 600. The van der Waals surface area contributed by atoms with E-state index >= 15 is 0 Å². The van der Waals surface area contributed by atoms with Gasteiger partial charge in [0.05, 0.1) is 6.20 Å². The Hall–Kier alpha value is -1.66. The topological polar surface area (TPSA) is 62.3 Å². The molecule has 1 aliphatic rings. The number of benzene rings is 1. The van der Waals surface area contributed by atoms with E-state index < -0.39 is 0 Å². The summed E-state index contributed by atoms with van der Waals surface area (Å²) >= 11 is 1.70. The molecule has 0 saturated heterocycles. The summed E-state index contributed by atoms with van der Waals surface area (Å²) in [5.41, 5.74) is 7.30. The van der Waals surface area contributed by atoms with Gasteiger partial charge in [0.25, 0.3) is 0 Å². The molecule has 1 aliphatic heterocycles. The largest absolute Gasteiger partial charge is 0.486 e. The smallest absolute Gasteiger partial charge is 0.161 e. The van der Waals surface area contributed by atoms with Gasteiger partial charge < -0.3 is 15.2 Å². The van der Waals surface area contributed by atoms with Gasteiger partial charge >= 0.3 is 0 Å². The Morgan fingerprint density at radius 1 is 1.35 bits per heavy atom. The van der Waals surface area contributed by atoms with Crippen LogP contribution in [0.1, 0.15) is 11.6 Å². The molecule has 20 heavy (non-hydrogen) atoms. The Balaban J connectivity index is 1.66. The van der Waals surface area contributed by atoms with Gasteiger partial charge in [-0.15, -0.1) is 11.8 Å². The lowest BCUT2D eigenvalue weighted by molar-refractivity contribution is 0.171. The maximum Gasteiger partial charge on any atom is 0.161 e. The average Bonchev–Trinajstić information content (AvgIpc) is 2.90. The normalized spacial score (nSPS) is 15.1. The summed E-state index contributed by atoms with van der Waals surface area (Å²) in [6, 6.07) is 5.86. The molecule has 5 nitrogen and oxygen atoms in total. The Morgan fingerprint density at radius 3 is 2.90 bits per heavy atom. The van der Waals surface area contributed by atoms with Gasteiger partial charge in [0.15, 0.2) is 11.5 Å². The van der Waals surface area contributed by atoms with Crippen LogP contribution in [0.3, 0.4) is 0 Å². The third-order valence-electron chi connectivity index (χ3n) is 3.11. The van der Waals surface area contributed by atoms with Crippen molar-refractivity contribution in [3.8, 4) is 11.5 Å². The highest BCUT2D eigenvalue weighted by molar-refractivity contribution is 7.99. The van der Waals surface area contributed by atoms with Crippen LogP contribution in [0.4, 0.5) is 0 Å². The van der Waals surface area contributed by atoms with Gasteiger partial charge in [-0.2, -0.15) is 5.10 Å². The van der Waals surface area contributed by atoms with E-state index in [4.69, 9.17) is 15.2 Å². The first-order valence-electron chi connectivity index (χ1n) is 6.49. The monoisotopic (exact) mass is 291 g/mol. The summed E-state index contributed by atoms with van der Waals surface area (Å²) in [4.78, 5) is 1.13. The van der Waals surface area contributed by atoms with E-state index in [2.05, 4.69) is 5.10 Å². The van der Waals surface area contributed by atoms with Gasteiger partial charge in [-0.1, -0.05) is 6.07 Å². The van der Waals surface area contributed by atoms with Crippen molar-refractivity contribution < 1.29 is 9.47 Å². The number of nitrogens with two attached hydrogens (primary N) is 1. The lowest BCUT2D eigenvalue weighted by Crippen LogP contribution is -2.17. The standard InChI is InChI=1S/C14H17N3O2S/c1-17-8-11(7-16-17)20-9-12(15)10-2-3-13-14(6-10)19-5-4-18-13/h2-3,6-8,12H,4-5,9,15H2,1H3. The summed E-state index contributed by atoms with van der Waals surface area (Å²) in [6.07, 6.45) is 3.84. The van der Waals surface area contributed by atoms with Gasteiger partial charge in [-0.3, -0.25) is 4.68 Å². The third kappa shape index (κ3) is 2.91. The van der Waals surface area contributed by atoms with Crippen molar-refractivity contribution in [1.29, 1.82) is 0 Å². The van der Waals surface area contributed by atoms with Crippen molar-refractivity contribution in [2.45, 2.75) is 10.9 Å². The zero-order valence-corrected chi connectivity index (χ0v) is 12.1.